The van der Waals surface area contributed by atoms with E-state index in [1.807, 2.05) is 24.3 Å². The van der Waals surface area contributed by atoms with Crippen LogP contribution in [0.25, 0.3) is 0 Å². The van der Waals surface area contributed by atoms with Crippen molar-refractivity contribution in [2.75, 3.05) is 18.4 Å². The van der Waals surface area contributed by atoms with Gasteiger partial charge in [-0.15, -0.1) is 0 Å². The first-order valence-corrected chi connectivity index (χ1v) is 7.74. The summed E-state index contributed by atoms with van der Waals surface area (Å²) in [6.45, 7) is 4.41. The van der Waals surface area contributed by atoms with E-state index >= 15 is 0 Å². The molecule has 1 saturated heterocycles. The van der Waals surface area contributed by atoms with E-state index < -0.39 is 0 Å². The Labute approximate surface area is 123 Å². The number of likely N-dealkylation sites (tertiary alicyclic amines) is 1. The highest BCUT2D eigenvalue weighted by Gasteiger charge is 2.19. The topological polar surface area (TPSA) is 32.3 Å². The summed E-state index contributed by atoms with van der Waals surface area (Å²) in [6.07, 6.45) is 4.42. The lowest BCUT2D eigenvalue weighted by Gasteiger charge is -2.31. The third-order valence-electron chi connectivity index (χ3n) is 3.62. The van der Waals surface area contributed by atoms with E-state index in [0.29, 0.717) is 12.5 Å². The number of hydrogen-bond acceptors (Lipinski definition) is 2. The quantitative estimate of drug-likeness (QED) is 0.916. The van der Waals surface area contributed by atoms with E-state index in [4.69, 9.17) is 0 Å². The minimum atomic E-state index is 0.0976. The fourth-order valence-corrected chi connectivity index (χ4v) is 2.77. The third kappa shape index (κ3) is 4.62. The van der Waals surface area contributed by atoms with Gasteiger partial charge in [0.1, 0.15) is 0 Å². The number of anilines is 1. The average Bonchev–Trinajstić information content (AvgIpc) is 2.42. The molecule has 104 valence electrons. The van der Waals surface area contributed by atoms with Crippen molar-refractivity contribution >= 4 is 27.5 Å². The van der Waals surface area contributed by atoms with Gasteiger partial charge in [-0.1, -0.05) is 22.4 Å². The first-order chi connectivity index (χ1) is 9.15. The largest absolute Gasteiger partial charge is 0.326 e. The number of nitrogens with one attached hydrogen (secondary N) is 1. The third-order valence-corrected chi connectivity index (χ3v) is 4.15. The number of benzene rings is 1. The van der Waals surface area contributed by atoms with Gasteiger partial charge in [-0.05, 0) is 57.1 Å². The molecule has 0 radical (unpaired) electrons. The van der Waals surface area contributed by atoms with Crippen LogP contribution in [0.15, 0.2) is 28.7 Å². The van der Waals surface area contributed by atoms with Crippen LogP contribution >= 0.6 is 15.9 Å². The molecule has 1 atom stereocenters. The van der Waals surface area contributed by atoms with E-state index in [1.165, 1.54) is 19.3 Å². The second-order valence-electron chi connectivity index (χ2n) is 5.20. The molecule has 1 aliphatic heterocycles. The van der Waals surface area contributed by atoms with Crippen molar-refractivity contribution in [3.63, 3.8) is 0 Å². The lowest BCUT2D eigenvalue weighted by atomic mass is 10.1. The van der Waals surface area contributed by atoms with Crippen molar-refractivity contribution < 1.29 is 4.79 Å². The highest BCUT2D eigenvalue weighted by molar-refractivity contribution is 9.10. The van der Waals surface area contributed by atoms with Crippen LogP contribution in [0.1, 0.15) is 32.6 Å². The minimum absolute atomic E-state index is 0.0976. The summed E-state index contributed by atoms with van der Waals surface area (Å²) in [7, 11) is 0. The van der Waals surface area contributed by atoms with Gasteiger partial charge in [0.25, 0.3) is 0 Å². The van der Waals surface area contributed by atoms with E-state index in [9.17, 15) is 4.79 Å². The van der Waals surface area contributed by atoms with Crippen LogP contribution in [-0.2, 0) is 4.79 Å². The predicted molar refractivity (Wildman–Crippen MR) is 82.3 cm³/mol. The normalized spacial score (nSPS) is 18.0. The zero-order chi connectivity index (χ0) is 13.7. The van der Waals surface area contributed by atoms with Gasteiger partial charge in [0.2, 0.25) is 5.91 Å². The van der Waals surface area contributed by atoms with Gasteiger partial charge >= 0.3 is 0 Å². The molecule has 0 aromatic heterocycles. The maximum Gasteiger partial charge on any atom is 0.225 e. The predicted octanol–water partition coefficient (Wildman–Crippen LogP) is 3.65. The molecule has 1 N–H and O–H groups in total. The second-order valence-corrected chi connectivity index (χ2v) is 6.12. The van der Waals surface area contributed by atoms with E-state index in [0.717, 1.165) is 23.2 Å². The van der Waals surface area contributed by atoms with Crippen LogP contribution < -0.4 is 5.32 Å². The zero-order valence-electron chi connectivity index (χ0n) is 11.4. The van der Waals surface area contributed by atoms with E-state index in [-0.39, 0.29) is 5.91 Å². The maximum absolute atomic E-state index is 12.0. The Morgan fingerprint density at radius 1 is 1.26 bits per heavy atom. The Morgan fingerprint density at radius 2 is 1.89 bits per heavy atom. The summed E-state index contributed by atoms with van der Waals surface area (Å²) in [4.78, 5) is 14.4. The number of carbonyl (C=O) groups excluding carboxylic acids is 1. The number of rotatable bonds is 4. The number of nitrogens with zero attached hydrogens (tertiary/aromatic N) is 1. The minimum Gasteiger partial charge on any atom is -0.326 e. The molecule has 1 aromatic carbocycles. The van der Waals surface area contributed by atoms with Crippen LogP contribution in [0.3, 0.4) is 0 Å². The van der Waals surface area contributed by atoms with Crippen LogP contribution in [-0.4, -0.2) is 29.9 Å². The molecule has 0 bridgehead atoms. The Morgan fingerprint density at radius 3 is 2.53 bits per heavy atom. The molecule has 1 amide bonds. The summed E-state index contributed by atoms with van der Waals surface area (Å²) in [6, 6.07) is 8.02. The van der Waals surface area contributed by atoms with Gasteiger partial charge in [-0.25, -0.2) is 0 Å². The van der Waals surface area contributed by atoms with Gasteiger partial charge in [-0.2, -0.15) is 0 Å². The lowest BCUT2D eigenvalue weighted by Crippen LogP contribution is -2.39. The summed E-state index contributed by atoms with van der Waals surface area (Å²) in [5.41, 5.74) is 0.860. The molecule has 0 spiro atoms. The van der Waals surface area contributed by atoms with Crippen molar-refractivity contribution in [3.8, 4) is 0 Å². The number of carbonyl (C=O) groups is 1. The van der Waals surface area contributed by atoms with Crippen LogP contribution in [0.5, 0.6) is 0 Å². The maximum atomic E-state index is 12.0. The van der Waals surface area contributed by atoms with Crippen molar-refractivity contribution in [2.45, 2.75) is 38.6 Å². The average molecular weight is 325 g/mol. The molecule has 19 heavy (non-hydrogen) atoms. The number of amides is 1. The van der Waals surface area contributed by atoms with Gasteiger partial charge in [0, 0.05) is 22.6 Å². The molecular weight excluding hydrogens is 304 g/mol. The summed E-state index contributed by atoms with van der Waals surface area (Å²) >= 11 is 3.38. The van der Waals surface area contributed by atoms with Crippen molar-refractivity contribution in [1.29, 1.82) is 0 Å². The van der Waals surface area contributed by atoms with E-state index in [2.05, 4.69) is 33.1 Å². The first kappa shape index (κ1) is 14.5. The molecule has 1 fully saturated rings. The molecule has 0 saturated carbocycles. The standard InChI is InChI=1S/C15H21BrN2O/c1-12(18-9-3-2-4-10-18)11-15(19)17-14-7-5-13(16)6-8-14/h5-8,12H,2-4,9-11H2,1H3,(H,17,19). The van der Waals surface area contributed by atoms with Crippen molar-refractivity contribution in [2.24, 2.45) is 0 Å². The van der Waals surface area contributed by atoms with Crippen LogP contribution in [0.2, 0.25) is 0 Å². The van der Waals surface area contributed by atoms with Gasteiger partial charge < -0.3 is 10.2 Å². The molecule has 4 heteroatoms. The Balaban J connectivity index is 1.81. The zero-order valence-corrected chi connectivity index (χ0v) is 12.9. The molecule has 1 aliphatic rings. The first-order valence-electron chi connectivity index (χ1n) is 6.94. The monoisotopic (exact) mass is 324 g/mol. The van der Waals surface area contributed by atoms with Gasteiger partial charge in [-0.3, -0.25) is 4.79 Å². The highest BCUT2D eigenvalue weighted by atomic mass is 79.9. The number of hydrogen-bond donors (Lipinski definition) is 1. The van der Waals surface area contributed by atoms with Crippen LogP contribution in [0, 0.1) is 0 Å². The summed E-state index contributed by atoms with van der Waals surface area (Å²) in [5.74, 6) is 0.0976. The van der Waals surface area contributed by atoms with Gasteiger partial charge in [0.05, 0.1) is 0 Å². The molecule has 0 aliphatic carbocycles. The van der Waals surface area contributed by atoms with Gasteiger partial charge in [0.15, 0.2) is 0 Å². The number of piperidine rings is 1. The molecule has 1 unspecified atom stereocenters. The smallest absolute Gasteiger partial charge is 0.225 e. The molecule has 1 aromatic rings. The Hall–Kier alpha value is -0.870. The number of halogens is 1. The fourth-order valence-electron chi connectivity index (χ4n) is 2.50. The molecular formula is C15H21BrN2O. The SMILES string of the molecule is CC(CC(=O)Nc1ccc(Br)cc1)N1CCCCC1. The van der Waals surface area contributed by atoms with Crippen LogP contribution in [0.4, 0.5) is 5.69 Å². The molecule has 2 rings (SSSR count). The fraction of sp³-hybridized carbons (Fsp3) is 0.533. The summed E-state index contributed by atoms with van der Waals surface area (Å²) in [5, 5.41) is 2.95. The molecule has 1 heterocycles. The summed E-state index contributed by atoms with van der Waals surface area (Å²) < 4.78 is 1.02. The molecule has 3 nitrogen and oxygen atoms in total. The second kappa shape index (κ2) is 7.06. The Kier molecular flexibility index (Phi) is 5.40. The Bertz CT molecular complexity index is 413. The van der Waals surface area contributed by atoms with E-state index in [1.54, 1.807) is 0 Å². The van der Waals surface area contributed by atoms with Crippen molar-refractivity contribution in [3.05, 3.63) is 28.7 Å². The van der Waals surface area contributed by atoms with Crippen molar-refractivity contribution in [1.82, 2.24) is 4.90 Å². The lowest BCUT2D eigenvalue weighted by molar-refractivity contribution is -0.117. The highest BCUT2D eigenvalue weighted by Crippen LogP contribution is 2.16.